The van der Waals surface area contributed by atoms with Crippen LogP contribution in [0.5, 0.6) is 0 Å². The van der Waals surface area contributed by atoms with Crippen LogP contribution in [0.2, 0.25) is 0 Å². The minimum Gasteiger partial charge on any atom is -0.346 e. The summed E-state index contributed by atoms with van der Waals surface area (Å²) >= 11 is 2.20. The van der Waals surface area contributed by atoms with Crippen LogP contribution in [0.25, 0.3) is 0 Å². The van der Waals surface area contributed by atoms with Crippen LogP contribution in [-0.2, 0) is 4.74 Å². The second-order valence-electron chi connectivity index (χ2n) is 5.27. The Morgan fingerprint density at radius 1 is 1.25 bits per heavy atom. The number of aromatic nitrogens is 2. The van der Waals surface area contributed by atoms with Crippen molar-refractivity contribution in [3.63, 3.8) is 0 Å². The number of hydrogen-bond acceptors (Lipinski definition) is 4. The van der Waals surface area contributed by atoms with Gasteiger partial charge in [-0.05, 0) is 42.0 Å². The lowest BCUT2D eigenvalue weighted by atomic mass is 10.1. The maximum atomic E-state index is 6.20. The van der Waals surface area contributed by atoms with Crippen LogP contribution >= 0.6 is 22.6 Å². The molecule has 0 unspecified atom stereocenters. The van der Waals surface area contributed by atoms with Gasteiger partial charge in [0.25, 0.3) is 0 Å². The molecule has 0 aliphatic carbocycles. The third-order valence-electron chi connectivity index (χ3n) is 3.50. The highest BCUT2D eigenvalue weighted by Gasteiger charge is 2.40. The zero-order valence-electron chi connectivity index (χ0n) is 11.5. The SMILES string of the molecule is CC1(C)O[C@H](c2ccccc2)CN1c1cc(I)ncn1. The lowest BCUT2D eigenvalue weighted by Crippen LogP contribution is -2.39. The highest BCUT2D eigenvalue weighted by molar-refractivity contribution is 14.1. The maximum absolute atomic E-state index is 6.20. The van der Waals surface area contributed by atoms with E-state index < -0.39 is 0 Å². The monoisotopic (exact) mass is 381 g/mol. The first-order valence-electron chi connectivity index (χ1n) is 6.54. The van der Waals surface area contributed by atoms with Crippen LogP contribution < -0.4 is 4.90 Å². The van der Waals surface area contributed by atoms with Gasteiger partial charge in [0.15, 0.2) is 0 Å². The Balaban J connectivity index is 1.90. The average Bonchev–Trinajstić information content (AvgIpc) is 2.76. The average molecular weight is 381 g/mol. The molecular weight excluding hydrogens is 365 g/mol. The summed E-state index contributed by atoms with van der Waals surface area (Å²) in [6.07, 6.45) is 1.67. The summed E-state index contributed by atoms with van der Waals surface area (Å²) in [6, 6.07) is 12.3. The zero-order valence-corrected chi connectivity index (χ0v) is 13.6. The van der Waals surface area contributed by atoms with Gasteiger partial charge in [-0.15, -0.1) is 0 Å². The van der Waals surface area contributed by atoms with Gasteiger partial charge in [0.1, 0.15) is 27.7 Å². The summed E-state index contributed by atoms with van der Waals surface area (Å²) in [5, 5.41) is 0. The molecule has 1 aliphatic heterocycles. The fourth-order valence-electron chi connectivity index (χ4n) is 2.52. The summed E-state index contributed by atoms with van der Waals surface area (Å²) in [4.78, 5) is 10.7. The second-order valence-corrected chi connectivity index (χ2v) is 6.38. The van der Waals surface area contributed by atoms with Crippen molar-refractivity contribution >= 4 is 28.4 Å². The van der Waals surface area contributed by atoms with E-state index in [0.29, 0.717) is 0 Å². The fourth-order valence-corrected chi connectivity index (χ4v) is 2.92. The third-order valence-corrected chi connectivity index (χ3v) is 4.09. The molecule has 1 fully saturated rings. The van der Waals surface area contributed by atoms with Crippen molar-refractivity contribution in [2.45, 2.75) is 25.7 Å². The van der Waals surface area contributed by atoms with Gasteiger partial charge >= 0.3 is 0 Å². The molecule has 20 heavy (non-hydrogen) atoms. The lowest BCUT2D eigenvalue weighted by molar-refractivity contribution is -0.0139. The van der Waals surface area contributed by atoms with Crippen LogP contribution in [0, 0.1) is 3.70 Å². The van der Waals surface area contributed by atoms with E-state index in [1.807, 2.05) is 24.3 Å². The number of benzene rings is 1. The summed E-state index contributed by atoms with van der Waals surface area (Å²) in [5.41, 5.74) is 0.824. The van der Waals surface area contributed by atoms with Crippen LogP contribution in [0.3, 0.4) is 0 Å². The van der Waals surface area contributed by atoms with E-state index in [-0.39, 0.29) is 11.8 Å². The summed E-state index contributed by atoms with van der Waals surface area (Å²) in [7, 11) is 0. The van der Waals surface area contributed by atoms with Gasteiger partial charge in [0.2, 0.25) is 0 Å². The molecule has 2 heterocycles. The molecule has 1 aromatic carbocycles. The Bertz CT molecular complexity index is 603. The zero-order chi connectivity index (χ0) is 14.2. The molecule has 2 aromatic rings. The molecule has 1 aliphatic rings. The fraction of sp³-hybridized carbons (Fsp3) is 0.333. The molecule has 0 radical (unpaired) electrons. The van der Waals surface area contributed by atoms with E-state index in [0.717, 1.165) is 16.1 Å². The molecule has 0 N–H and O–H groups in total. The molecule has 1 aromatic heterocycles. The van der Waals surface area contributed by atoms with E-state index in [1.165, 1.54) is 5.56 Å². The topological polar surface area (TPSA) is 38.2 Å². The van der Waals surface area contributed by atoms with E-state index in [1.54, 1.807) is 6.33 Å². The van der Waals surface area contributed by atoms with Gasteiger partial charge in [0, 0.05) is 6.07 Å². The molecule has 1 atom stereocenters. The first-order valence-corrected chi connectivity index (χ1v) is 7.62. The smallest absolute Gasteiger partial charge is 0.137 e. The molecule has 104 valence electrons. The largest absolute Gasteiger partial charge is 0.346 e. The van der Waals surface area contributed by atoms with Crippen LogP contribution in [0.4, 0.5) is 5.82 Å². The number of nitrogens with zero attached hydrogens (tertiary/aromatic N) is 3. The van der Waals surface area contributed by atoms with Crippen molar-refractivity contribution in [1.29, 1.82) is 0 Å². The number of ether oxygens (including phenoxy) is 1. The number of anilines is 1. The minimum absolute atomic E-state index is 0.0684. The summed E-state index contributed by atoms with van der Waals surface area (Å²) in [5.74, 6) is 0.910. The quantitative estimate of drug-likeness (QED) is 0.591. The Labute approximate surface area is 132 Å². The molecular formula is C15H16IN3O. The number of halogens is 1. The molecule has 1 saturated heterocycles. The highest BCUT2D eigenvalue weighted by Crippen LogP contribution is 2.38. The Hall–Kier alpha value is -1.21. The molecule has 0 spiro atoms. The molecule has 0 amide bonds. The van der Waals surface area contributed by atoms with Crippen LogP contribution in [0.1, 0.15) is 25.5 Å². The first-order chi connectivity index (χ1) is 9.56. The lowest BCUT2D eigenvalue weighted by Gasteiger charge is -2.30. The van der Waals surface area contributed by atoms with Gasteiger partial charge in [0.05, 0.1) is 6.54 Å². The van der Waals surface area contributed by atoms with Crippen molar-refractivity contribution < 1.29 is 4.74 Å². The van der Waals surface area contributed by atoms with Crippen molar-refractivity contribution in [2.24, 2.45) is 0 Å². The second kappa shape index (κ2) is 5.29. The van der Waals surface area contributed by atoms with Gasteiger partial charge in [-0.1, -0.05) is 30.3 Å². The molecule has 3 rings (SSSR count). The Morgan fingerprint density at radius 2 is 2.00 bits per heavy atom. The Morgan fingerprint density at radius 3 is 2.70 bits per heavy atom. The molecule has 5 heteroatoms. The molecule has 0 saturated carbocycles. The normalized spacial score (nSPS) is 21.1. The predicted molar refractivity (Wildman–Crippen MR) is 86.4 cm³/mol. The van der Waals surface area contributed by atoms with Crippen molar-refractivity contribution in [2.75, 3.05) is 11.4 Å². The molecule has 0 bridgehead atoms. The van der Waals surface area contributed by atoms with E-state index in [4.69, 9.17) is 4.74 Å². The maximum Gasteiger partial charge on any atom is 0.137 e. The van der Waals surface area contributed by atoms with Crippen molar-refractivity contribution in [3.05, 3.63) is 52.0 Å². The highest BCUT2D eigenvalue weighted by atomic mass is 127. The van der Waals surface area contributed by atoms with E-state index in [9.17, 15) is 0 Å². The summed E-state index contributed by atoms with van der Waals surface area (Å²) in [6.45, 7) is 4.94. The van der Waals surface area contributed by atoms with Crippen LogP contribution in [-0.4, -0.2) is 22.2 Å². The minimum atomic E-state index is -0.377. The van der Waals surface area contributed by atoms with E-state index in [2.05, 4.69) is 63.4 Å². The summed E-state index contributed by atoms with van der Waals surface area (Å²) < 4.78 is 7.14. The first kappa shape index (κ1) is 13.8. The third kappa shape index (κ3) is 2.64. The van der Waals surface area contributed by atoms with Gasteiger partial charge in [-0.25, -0.2) is 9.97 Å². The Kier molecular flexibility index (Phi) is 3.64. The predicted octanol–water partition coefficient (Wildman–Crippen LogP) is 3.40. The van der Waals surface area contributed by atoms with Gasteiger partial charge < -0.3 is 9.64 Å². The van der Waals surface area contributed by atoms with E-state index >= 15 is 0 Å². The standard InChI is InChI=1S/C15H16IN3O/c1-15(2)19(14-8-13(16)17-10-18-14)9-12(20-15)11-6-4-3-5-7-11/h3-8,10,12H,9H2,1-2H3/t12-/m0/s1. The van der Waals surface area contributed by atoms with Gasteiger partial charge in [-0.2, -0.15) is 0 Å². The molecule has 4 nitrogen and oxygen atoms in total. The number of rotatable bonds is 2. The van der Waals surface area contributed by atoms with Crippen molar-refractivity contribution in [3.8, 4) is 0 Å². The van der Waals surface area contributed by atoms with Crippen molar-refractivity contribution in [1.82, 2.24) is 9.97 Å². The van der Waals surface area contributed by atoms with Gasteiger partial charge in [-0.3, -0.25) is 0 Å². The number of hydrogen-bond donors (Lipinski definition) is 0. The van der Waals surface area contributed by atoms with Crippen LogP contribution in [0.15, 0.2) is 42.7 Å².